The van der Waals surface area contributed by atoms with Crippen molar-refractivity contribution in [2.24, 2.45) is 5.92 Å². The number of hydrogen-bond donors (Lipinski definition) is 1. The van der Waals surface area contributed by atoms with Gasteiger partial charge in [0.15, 0.2) is 0 Å². The molecule has 1 heterocycles. The number of morpholine rings is 1. The van der Waals surface area contributed by atoms with Crippen LogP contribution in [0.5, 0.6) is 0 Å². The Morgan fingerprint density at radius 3 is 2.38 bits per heavy atom. The van der Waals surface area contributed by atoms with Crippen LogP contribution in [0.15, 0.2) is 29.2 Å². The summed E-state index contributed by atoms with van der Waals surface area (Å²) in [5.41, 5.74) is 0.983. The highest BCUT2D eigenvalue weighted by Gasteiger charge is 2.33. The fraction of sp³-hybridized carbons (Fsp3) is 0.588. The average molecular weight is 354 g/mol. The van der Waals surface area contributed by atoms with Crippen LogP contribution in [0, 0.1) is 12.8 Å². The number of ether oxygens (including phenoxy) is 1. The number of hydrogen-bond acceptors (Lipinski definition) is 4. The maximum absolute atomic E-state index is 12.8. The molecule has 1 fully saturated rings. The van der Waals surface area contributed by atoms with Crippen LogP contribution in [0.25, 0.3) is 0 Å². The third-order valence-corrected chi connectivity index (χ3v) is 5.87. The Labute approximate surface area is 144 Å². The molecule has 1 amide bonds. The van der Waals surface area contributed by atoms with Crippen molar-refractivity contribution in [1.29, 1.82) is 0 Å². The van der Waals surface area contributed by atoms with Crippen molar-refractivity contribution in [3.63, 3.8) is 0 Å². The molecule has 24 heavy (non-hydrogen) atoms. The first-order valence-corrected chi connectivity index (χ1v) is 9.79. The van der Waals surface area contributed by atoms with E-state index in [1.807, 2.05) is 20.8 Å². The Hall–Kier alpha value is -1.44. The first-order valence-electron chi connectivity index (χ1n) is 8.30. The second kappa shape index (κ2) is 8.09. The van der Waals surface area contributed by atoms with Gasteiger partial charge in [-0.2, -0.15) is 4.72 Å². The van der Waals surface area contributed by atoms with E-state index in [2.05, 4.69) is 4.72 Å². The lowest BCUT2D eigenvalue weighted by atomic mass is 9.99. The zero-order valence-electron chi connectivity index (χ0n) is 14.5. The lowest BCUT2D eigenvalue weighted by Gasteiger charge is -2.32. The molecular weight excluding hydrogens is 328 g/mol. The summed E-state index contributed by atoms with van der Waals surface area (Å²) >= 11 is 0. The molecule has 0 aromatic heterocycles. The zero-order valence-corrected chi connectivity index (χ0v) is 15.3. The molecule has 6 nitrogen and oxygen atoms in total. The van der Waals surface area contributed by atoms with Crippen LogP contribution >= 0.6 is 0 Å². The standard InChI is InChI=1S/C17H26N2O4S/c1-4-14(3)16(17(20)19-9-11-23-12-10-19)18-24(21,22)15-7-5-13(2)6-8-15/h5-8,14,16,18H,4,9-12H2,1-3H3/t14-,16+/m0/s1. The zero-order chi connectivity index (χ0) is 17.7. The Kier molecular flexibility index (Phi) is 6.37. The maximum atomic E-state index is 12.8. The highest BCUT2D eigenvalue weighted by atomic mass is 32.2. The van der Waals surface area contributed by atoms with E-state index in [-0.39, 0.29) is 16.7 Å². The van der Waals surface area contributed by atoms with Gasteiger partial charge in [0.25, 0.3) is 0 Å². The van der Waals surface area contributed by atoms with Crippen LogP contribution in [0.2, 0.25) is 0 Å². The monoisotopic (exact) mass is 354 g/mol. The van der Waals surface area contributed by atoms with Crippen molar-refractivity contribution < 1.29 is 17.9 Å². The molecule has 0 radical (unpaired) electrons. The quantitative estimate of drug-likeness (QED) is 0.841. The molecule has 1 saturated heterocycles. The number of aryl methyl sites for hydroxylation is 1. The number of sulfonamides is 1. The summed E-state index contributed by atoms with van der Waals surface area (Å²) < 4.78 is 33.2. The predicted molar refractivity (Wildman–Crippen MR) is 92.1 cm³/mol. The molecule has 0 spiro atoms. The molecule has 1 N–H and O–H groups in total. The minimum Gasteiger partial charge on any atom is -0.378 e. The Balaban J connectivity index is 2.21. The first kappa shape index (κ1) is 18.9. The predicted octanol–water partition coefficient (Wildman–Crippen LogP) is 1.55. The molecule has 1 aromatic rings. The Morgan fingerprint density at radius 1 is 1.25 bits per heavy atom. The molecule has 2 atom stereocenters. The SMILES string of the molecule is CC[C@H](C)[C@@H](NS(=O)(=O)c1ccc(C)cc1)C(=O)N1CCOCC1. The van der Waals surface area contributed by atoms with E-state index in [0.29, 0.717) is 32.7 Å². The summed E-state index contributed by atoms with van der Waals surface area (Å²) in [4.78, 5) is 14.7. The van der Waals surface area contributed by atoms with E-state index >= 15 is 0 Å². The second-order valence-corrected chi connectivity index (χ2v) is 7.95. The highest BCUT2D eigenvalue weighted by Crippen LogP contribution is 2.17. The number of rotatable bonds is 6. The third kappa shape index (κ3) is 4.55. The first-order chi connectivity index (χ1) is 11.3. The smallest absolute Gasteiger partial charge is 0.241 e. The fourth-order valence-electron chi connectivity index (χ4n) is 2.58. The highest BCUT2D eigenvalue weighted by molar-refractivity contribution is 7.89. The number of amides is 1. The fourth-order valence-corrected chi connectivity index (χ4v) is 3.88. The topological polar surface area (TPSA) is 75.7 Å². The van der Waals surface area contributed by atoms with Gasteiger partial charge < -0.3 is 9.64 Å². The van der Waals surface area contributed by atoms with Gasteiger partial charge in [-0.25, -0.2) is 8.42 Å². The Bertz CT molecular complexity index is 652. The van der Waals surface area contributed by atoms with Crippen LogP contribution in [0.3, 0.4) is 0 Å². The van der Waals surface area contributed by atoms with Gasteiger partial charge in [0.05, 0.1) is 18.1 Å². The van der Waals surface area contributed by atoms with Gasteiger partial charge in [0.1, 0.15) is 6.04 Å². The Morgan fingerprint density at radius 2 is 1.83 bits per heavy atom. The van der Waals surface area contributed by atoms with E-state index < -0.39 is 16.1 Å². The second-order valence-electron chi connectivity index (χ2n) is 6.24. The molecule has 0 saturated carbocycles. The summed E-state index contributed by atoms with van der Waals surface area (Å²) in [5.74, 6) is -0.274. The maximum Gasteiger partial charge on any atom is 0.241 e. The van der Waals surface area contributed by atoms with Crippen LogP contribution < -0.4 is 4.72 Å². The van der Waals surface area contributed by atoms with Gasteiger partial charge in [0.2, 0.25) is 15.9 Å². The minimum absolute atomic E-state index is 0.0967. The van der Waals surface area contributed by atoms with Gasteiger partial charge in [0, 0.05) is 13.1 Å². The molecular formula is C17H26N2O4S. The lowest BCUT2D eigenvalue weighted by molar-refractivity contribution is -0.138. The molecule has 1 aromatic carbocycles. The molecule has 7 heteroatoms. The van der Waals surface area contributed by atoms with Gasteiger partial charge in [-0.1, -0.05) is 38.0 Å². The molecule has 0 unspecified atom stereocenters. The summed E-state index contributed by atoms with van der Waals surface area (Å²) in [7, 11) is -3.74. The molecule has 134 valence electrons. The molecule has 1 aliphatic rings. The van der Waals surface area contributed by atoms with Gasteiger partial charge >= 0.3 is 0 Å². The summed E-state index contributed by atoms with van der Waals surface area (Å²) in [6.07, 6.45) is 0.706. The van der Waals surface area contributed by atoms with Gasteiger partial charge in [-0.15, -0.1) is 0 Å². The minimum atomic E-state index is -3.74. The number of benzene rings is 1. The van der Waals surface area contributed by atoms with Crippen LogP contribution in [-0.2, 0) is 19.6 Å². The molecule has 0 aliphatic carbocycles. The third-order valence-electron chi connectivity index (χ3n) is 4.42. The summed E-state index contributed by atoms with van der Waals surface area (Å²) in [6, 6.07) is 5.85. The van der Waals surface area contributed by atoms with Crippen LogP contribution in [-0.4, -0.2) is 51.6 Å². The van der Waals surface area contributed by atoms with Gasteiger partial charge in [-0.05, 0) is 25.0 Å². The largest absolute Gasteiger partial charge is 0.378 e. The van der Waals surface area contributed by atoms with Crippen LogP contribution in [0.1, 0.15) is 25.8 Å². The average Bonchev–Trinajstić information content (AvgIpc) is 2.59. The summed E-state index contributed by atoms with van der Waals surface area (Å²) in [5, 5.41) is 0. The molecule has 1 aliphatic heterocycles. The van der Waals surface area contributed by atoms with E-state index in [1.165, 1.54) is 0 Å². The van der Waals surface area contributed by atoms with E-state index in [9.17, 15) is 13.2 Å². The van der Waals surface area contributed by atoms with Gasteiger partial charge in [-0.3, -0.25) is 4.79 Å². The van der Waals surface area contributed by atoms with E-state index in [0.717, 1.165) is 5.56 Å². The van der Waals surface area contributed by atoms with E-state index in [1.54, 1.807) is 29.2 Å². The molecule has 0 bridgehead atoms. The lowest BCUT2D eigenvalue weighted by Crippen LogP contribution is -2.54. The van der Waals surface area contributed by atoms with Crippen molar-refractivity contribution >= 4 is 15.9 Å². The van der Waals surface area contributed by atoms with Crippen molar-refractivity contribution in [2.75, 3.05) is 26.3 Å². The van der Waals surface area contributed by atoms with Crippen molar-refractivity contribution in [2.45, 2.75) is 38.1 Å². The van der Waals surface area contributed by atoms with Crippen molar-refractivity contribution in [3.05, 3.63) is 29.8 Å². The van der Waals surface area contributed by atoms with Crippen molar-refractivity contribution in [3.8, 4) is 0 Å². The molecule has 2 rings (SSSR count). The number of carbonyl (C=O) groups is 1. The normalized spacial score (nSPS) is 18.2. The van der Waals surface area contributed by atoms with Crippen molar-refractivity contribution in [1.82, 2.24) is 9.62 Å². The van der Waals surface area contributed by atoms with E-state index in [4.69, 9.17) is 4.74 Å². The number of nitrogens with one attached hydrogen (secondary N) is 1. The summed E-state index contributed by atoms with van der Waals surface area (Å²) in [6.45, 7) is 7.71. The number of nitrogens with zero attached hydrogens (tertiary/aromatic N) is 1. The number of carbonyl (C=O) groups excluding carboxylic acids is 1. The van der Waals surface area contributed by atoms with Crippen LogP contribution in [0.4, 0.5) is 0 Å².